The monoisotopic (exact) mass is 800 g/mol. The van der Waals surface area contributed by atoms with Gasteiger partial charge in [0, 0.05) is 13.0 Å². The Morgan fingerprint density at radius 2 is 0.467 bits per heavy atom. The molecule has 0 saturated carbocycles. The summed E-state index contributed by atoms with van der Waals surface area (Å²) in [4.78, 5) is -0.407. The highest BCUT2D eigenvalue weighted by Crippen LogP contribution is 2.04. The highest BCUT2D eigenvalue weighted by Gasteiger charge is 1.92. The molecule has 0 fully saturated rings. The van der Waals surface area contributed by atoms with Crippen molar-refractivity contribution in [3.63, 3.8) is 0 Å². The summed E-state index contributed by atoms with van der Waals surface area (Å²) in [6.45, 7) is 0.0671. The second kappa shape index (κ2) is 114. The predicted octanol–water partition coefficient (Wildman–Crippen LogP) is 12.5. The first-order chi connectivity index (χ1) is 14.1. The highest BCUT2D eigenvalue weighted by molar-refractivity contribution is 6.44. The molecule has 0 radical (unpaired) electrons. The van der Waals surface area contributed by atoms with Crippen molar-refractivity contribution in [2.24, 2.45) is 0 Å². The van der Waals surface area contributed by atoms with Gasteiger partial charge < -0.3 is 5.11 Å². The lowest BCUT2D eigenvalue weighted by atomic mass is 10.5. The fourth-order valence-corrected chi connectivity index (χ4v) is 0.293. The van der Waals surface area contributed by atoms with Crippen LogP contribution in [-0.4, -0.2) is 59.3 Å². The minimum Gasteiger partial charge on any atom is -0.396 e. The molecule has 0 atom stereocenters. The average molecular weight is 808 g/mol. The van der Waals surface area contributed by atoms with Crippen molar-refractivity contribution in [1.29, 1.82) is 0 Å². The van der Waals surface area contributed by atoms with Crippen LogP contribution in [0.2, 0.25) is 0 Å². The Morgan fingerprint density at radius 1 is 0.367 bits per heavy atom. The summed E-state index contributed by atoms with van der Waals surface area (Å²) in [5.74, 6) is 0. The summed E-state index contributed by atoms with van der Waals surface area (Å²) in [6, 6.07) is 0. The molecule has 0 aromatic heterocycles. The third-order valence-electron chi connectivity index (χ3n) is 0.347. The van der Waals surface area contributed by atoms with E-state index in [-0.39, 0.29) is 49.3 Å². The van der Waals surface area contributed by atoms with Crippen molar-refractivity contribution in [3.05, 3.63) is 0 Å². The molecular weight excluding hydrogens is 786 g/mol. The summed E-state index contributed by atoms with van der Waals surface area (Å²) in [7, 11) is 0. The Bertz CT molecular complexity index is 104. The normalized spacial score (nSPS) is 6.80. The maximum absolute atomic E-state index is 8.07. The molecule has 0 unspecified atom stereocenters. The minimum absolute atomic E-state index is 0.0671. The smallest absolute Gasteiger partial charge is 0.110 e. The van der Waals surface area contributed by atoms with Gasteiger partial charge in [0.25, 0.3) is 0 Å². The predicted molar refractivity (Wildman–Crippen MR) is 160 cm³/mol. The summed E-state index contributed by atoms with van der Waals surface area (Å²) >= 11 is 86.6. The molecule has 0 aliphatic heterocycles. The number of alkyl halides is 18. The molecule has 0 spiro atoms. The van der Waals surface area contributed by atoms with Gasteiger partial charge >= 0.3 is 0 Å². The van der Waals surface area contributed by atoms with Crippen molar-refractivity contribution >= 4 is 209 Å². The fourth-order valence-electron chi connectivity index (χ4n) is 0.0976. The maximum Gasteiger partial charge on any atom is 0.110 e. The Morgan fingerprint density at radius 3 is 0.467 bits per heavy atom. The van der Waals surface area contributed by atoms with Crippen LogP contribution < -0.4 is 0 Å². The summed E-state index contributed by atoms with van der Waals surface area (Å²) in [6.07, 6.45) is 0.461. The molecule has 0 bridgehead atoms. The molecule has 0 aliphatic carbocycles. The van der Waals surface area contributed by atoms with Crippen molar-refractivity contribution in [3.8, 4) is 0 Å². The van der Waals surface area contributed by atoms with Gasteiger partial charge in [-0.25, -0.2) is 0 Å². The van der Waals surface area contributed by atoms with E-state index in [9.17, 15) is 0 Å². The first kappa shape index (κ1) is 60.0. The third kappa shape index (κ3) is 514. The fraction of sp³-hybridized carbons (Fsp3) is 1.00. The second-order valence-corrected chi connectivity index (χ2v) is 9.45. The lowest BCUT2D eigenvalue weighted by molar-refractivity contribution is 0.293. The molecule has 198 valence electrons. The largest absolute Gasteiger partial charge is 0.396 e. The van der Waals surface area contributed by atoms with Crippen molar-refractivity contribution in [1.82, 2.24) is 0 Å². The number of hydrogen-bond acceptors (Lipinski definition) is 1. The van der Waals surface area contributed by atoms with Crippen LogP contribution in [0.1, 0.15) is 6.42 Å². The number of hydrogen-bond donors (Lipinski definition) is 1. The quantitative estimate of drug-likeness (QED) is 0.276. The molecule has 1 N–H and O–H groups in total. The molecule has 30 heavy (non-hydrogen) atoms. The van der Waals surface area contributed by atoms with Crippen LogP contribution in [0.15, 0.2) is 0 Å². The molecule has 0 heterocycles. The van der Waals surface area contributed by atoms with Gasteiger partial charge in [-0.3, -0.25) is 0 Å². The molecule has 0 rings (SSSR count). The second-order valence-electron chi connectivity index (χ2n) is 1.71. The molecule has 0 aliphatic rings. The van der Waals surface area contributed by atoms with Crippen LogP contribution in [0.5, 0.6) is 0 Å². The summed E-state index contributed by atoms with van der Waals surface area (Å²) in [5, 5.41) is 9.62. The lowest BCUT2D eigenvalue weighted by Gasteiger charge is -1.90. The van der Waals surface area contributed by atoms with Gasteiger partial charge in [-0.1, -0.05) is 0 Å². The lowest BCUT2D eigenvalue weighted by Crippen LogP contribution is -1.89. The van der Waals surface area contributed by atoms with Crippen LogP contribution >= 0.6 is 209 Å². The highest BCUT2D eigenvalue weighted by atomic mass is 35.6. The molecule has 0 saturated heterocycles. The van der Waals surface area contributed by atoms with Crippen molar-refractivity contribution < 1.29 is 5.11 Å². The zero-order valence-electron chi connectivity index (χ0n) is 14.9. The minimum atomic E-state index is -0.407. The van der Waals surface area contributed by atoms with Gasteiger partial charge in [0.2, 0.25) is 0 Å². The molecule has 0 aromatic carbocycles. The summed E-state index contributed by atoms with van der Waals surface area (Å²) < 4.78 is 0. The number of aliphatic hydroxyl groups is 1. The average Bonchev–Trinajstić information content (AvgIpc) is 2.60. The van der Waals surface area contributed by atoms with Crippen molar-refractivity contribution in [2.75, 3.05) is 49.3 Å². The Balaban J connectivity index is -0.0000000240. The topological polar surface area (TPSA) is 20.2 Å². The van der Waals surface area contributed by atoms with Gasteiger partial charge in [-0.15, -0.1) is 209 Å². The SMILES string of the molecule is ClCCl.ClCCl.ClCCl.ClCCl.ClCCl.ClCCl.ClCCl.ClCCl.OCCC(Cl)Cl. The van der Waals surface area contributed by atoms with Crippen LogP contribution in [0.25, 0.3) is 0 Å². The van der Waals surface area contributed by atoms with E-state index < -0.39 is 4.84 Å². The zero-order valence-corrected chi connectivity index (χ0v) is 28.5. The Hall–Kier alpha value is 5.18. The van der Waals surface area contributed by atoms with Crippen LogP contribution in [-0.2, 0) is 0 Å². The van der Waals surface area contributed by atoms with E-state index in [2.05, 4.69) is 0 Å². The molecule has 0 amide bonds. The third-order valence-corrected chi connectivity index (χ3v) is 0.784. The Kier molecular flexibility index (Phi) is 228. The first-order valence-electron chi connectivity index (χ1n) is 5.94. The van der Waals surface area contributed by atoms with Gasteiger partial charge in [-0.2, -0.15) is 0 Å². The van der Waals surface area contributed by atoms with Crippen molar-refractivity contribution in [2.45, 2.75) is 11.3 Å². The van der Waals surface area contributed by atoms with E-state index in [4.69, 9.17) is 214 Å². The van der Waals surface area contributed by atoms with E-state index >= 15 is 0 Å². The van der Waals surface area contributed by atoms with Gasteiger partial charge in [0.1, 0.15) is 4.84 Å². The van der Waals surface area contributed by atoms with E-state index in [1.165, 1.54) is 0 Å². The van der Waals surface area contributed by atoms with E-state index in [1.807, 2.05) is 0 Å². The van der Waals surface area contributed by atoms with E-state index in [0.717, 1.165) is 0 Å². The van der Waals surface area contributed by atoms with Gasteiger partial charge in [0.15, 0.2) is 0 Å². The van der Waals surface area contributed by atoms with Crippen LogP contribution in [0, 0.1) is 0 Å². The maximum atomic E-state index is 8.07. The van der Waals surface area contributed by atoms with E-state index in [1.54, 1.807) is 0 Å². The Labute approximate surface area is 271 Å². The summed E-state index contributed by atoms with van der Waals surface area (Å²) in [5.41, 5.74) is 0. The van der Waals surface area contributed by atoms with E-state index in [0.29, 0.717) is 6.42 Å². The molecule has 19 heteroatoms. The van der Waals surface area contributed by atoms with Gasteiger partial charge in [-0.05, 0) is 0 Å². The first-order valence-corrected chi connectivity index (χ1v) is 15.4. The van der Waals surface area contributed by atoms with Crippen LogP contribution in [0.3, 0.4) is 0 Å². The van der Waals surface area contributed by atoms with Crippen LogP contribution in [0.4, 0.5) is 0 Å². The zero-order chi connectivity index (χ0) is 26.6. The number of aliphatic hydroxyl groups excluding tert-OH is 1. The molecule has 0 aromatic rings. The standard InChI is InChI=1S/C3H6Cl2O.8CH2Cl2/c4-3(5)1-2-6;8*2-1-3/h3,6H,1-2H2;8*1H2. The molecular formula is C11H22Cl18O. The number of halogens is 18. The number of rotatable bonds is 2. The molecule has 1 nitrogen and oxygen atoms in total. The van der Waals surface area contributed by atoms with Gasteiger partial charge in [0.05, 0.1) is 42.7 Å².